The van der Waals surface area contributed by atoms with E-state index in [1.807, 2.05) is 24.3 Å². The lowest BCUT2D eigenvalue weighted by atomic mass is 10.2. The van der Waals surface area contributed by atoms with Crippen molar-refractivity contribution in [1.82, 2.24) is 10.4 Å². The summed E-state index contributed by atoms with van der Waals surface area (Å²) < 4.78 is 5.12. The molecule has 1 heterocycles. The van der Waals surface area contributed by atoms with Gasteiger partial charge in [0.2, 0.25) is 0 Å². The van der Waals surface area contributed by atoms with Gasteiger partial charge in [0.05, 0.1) is 18.9 Å². The van der Waals surface area contributed by atoms with E-state index in [2.05, 4.69) is 20.8 Å². The van der Waals surface area contributed by atoms with Gasteiger partial charge in [-0.05, 0) is 29.8 Å². The van der Waals surface area contributed by atoms with Gasteiger partial charge in [-0.25, -0.2) is 10.4 Å². The van der Waals surface area contributed by atoms with Crippen LogP contribution in [0.25, 0.3) is 0 Å². The summed E-state index contributed by atoms with van der Waals surface area (Å²) in [6.07, 6.45) is 3.16. The van der Waals surface area contributed by atoms with Crippen molar-refractivity contribution in [2.75, 3.05) is 19.5 Å². The van der Waals surface area contributed by atoms with Crippen LogP contribution in [0, 0.1) is 0 Å². The monoisotopic (exact) mass is 284 g/mol. The minimum Gasteiger partial charge on any atom is -0.497 e. The Morgan fingerprint density at radius 1 is 1.33 bits per heavy atom. The largest absolute Gasteiger partial charge is 0.497 e. The molecule has 21 heavy (non-hydrogen) atoms. The van der Waals surface area contributed by atoms with Crippen molar-refractivity contribution in [2.45, 2.75) is 0 Å². The first-order valence-electron chi connectivity index (χ1n) is 6.35. The van der Waals surface area contributed by atoms with E-state index < -0.39 is 0 Å². The number of methoxy groups -OCH3 is 1. The smallest absolute Gasteiger partial charge is 0.275 e. The SMILES string of the molecule is CNc1ncccc1C(=O)N/N=C/c1cccc(OC)c1. The Morgan fingerprint density at radius 2 is 2.19 bits per heavy atom. The summed E-state index contributed by atoms with van der Waals surface area (Å²) in [4.78, 5) is 16.1. The Kier molecular flexibility index (Phi) is 4.87. The van der Waals surface area contributed by atoms with Crippen molar-refractivity contribution >= 4 is 17.9 Å². The van der Waals surface area contributed by atoms with E-state index in [0.717, 1.165) is 11.3 Å². The maximum Gasteiger partial charge on any atom is 0.275 e. The fourth-order valence-electron chi connectivity index (χ4n) is 1.74. The molecular weight excluding hydrogens is 268 g/mol. The zero-order chi connectivity index (χ0) is 15.1. The van der Waals surface area contributed by atoms with E-state index in [-0.39, 0.29) is 5.91 Å². The summed E-state index contributed by atoms with van der Waals surface area (Å²) in [6.45, 7) is 0. The van der Waals surface area contributed by atoms with Gasteiger partial charge in [-0.3, -0.25) is 4.79 Å². The predicted octanol–water partition coefficient (Wildman–Crippen LogP) is 1.90. The number of anilines is 1. The van der Waals surface area contributed by atoms with Crippen LogP contribution in [0.5, 0.6) is 5.75 Å². The van der Waals surface area contributed by atoms with Gasteiger partial charge < -0.3 is 10.1 Å². The molecular formula is C15H16N4O2. The van der Waals surface area contributed by atoms with Crippen LogP contribution in [0.15, 0.2) is 47.7 Å². The van der Waals surface area contributed by atoms with E-state index in [1.54, 1.807) is 38.7 Å². The van der Waals surface area contributed by atoms with Crippen molar-refractivity contribution in [1.29, 1.82) is 0 Å². The van der Waals surface area contributed by atoms with Gasteiger partial charge in [-0.2, -0.15) is 5.10 Å². The summed E-state index contributed by atoms with van der Waals surface area (Å²) in [5, 5.41) is 6.79. The van der Waals surface area contributed by atoms with E-state index in [9.17, 15) is 4.79 Å². The van der Waals surface area contributed by atoms with Crippen molar-refractivity contribution in [3.8, 4) is 5.75 Å². The molecule has 1 amide bonds. The highest BCUT2D eigenvalue weighted by Gasteiger charge is 2.09. The van der Waals surface area contributed by atoms with Crippen LogP contribution in [0.3, 0.4) is 0 Å². The molecule has 108 valence electrons. The molecule has 0 spiro atoms. The first-order valence-corrected chi connectivity index (χ1v) is 6.35. The van der Waals surface area contributed by atoms with Gasteiger partial charge in [0, 0.05) is 13.2 Å². The fourth-order valence-corrected chi connectivity index (χ4v) is 1.74. The molecule has 0 radical (unpaired) electrons. The summed E-state index contributed by atoms with van der Waals surface area (Å²) in [5.41, 5.74) is 3.73. The molecule has 0 fully saturated rings. The average molecular weight is 284 g/mol. The van der Waals surface area contributed by atoms with Crippen LogP contribution < -0.4 is 15.5 Å². The first kappa shape index (κ1) is 14.5. The van der Waals surface area contributed by atoms with E-state index >= 15 is 0 Å². The molecule has 0 aliphatic carbocycles. The molecule has 0 aliphatic rings. The second-order valence-corrected chi connectivity index (χ2v) is 4.13. The number of rotatable bonds is 5. The number of carbonyl (C=O) groups excluding carboxylic acids is 1. The van der Waals surface area contributed by atoms with Gasteiger partial charge in [0.25, 0.3) is 5.91 Å². The Bertz CT molecular complexity index is 656. The summed E-state index contributed by atoms with van der Waals surface area (Å²) in [6, 6.07) is 10.7. The van der Waals surface area contributed by atoms with E-state index in [0.29, 0.717) is 11.4 Å². The molecule has 0 saturated heterocycles. The molecule has 6 nitrogen and oxygen atoms in total. The van der Waals surface area contributed by atoms with Crippen LogP contribution in [-0.2, 0) is 0 Å². The molecule has 1 aromatic carbocycles. The third kappa shape index (κ3) is 3.79. The minimum atomic E-state index is -0.327. The fraction of sp³-hybridized carbons (Fsp3) is 0.133. The molecule has 2 rings (SSSR count). The van der Waals surface area contributed by atoms with Crippen LogP contribution in [0.1, 0.15) is 15.9 Å². The number of nitrogens with zero attached hydrogens (tertiary/aromatic N) is 2. The zero-order valence-corrected chi connectivity index (χ0v) is 11.8. The van der Waals surface area contributed by atoms with Gasteiger partial charge >= 0.3 is 0 Å². The number of hydrogen-bond donors (Lipinski definition) is 2. The Balaban J connectivity index is 2.05. The molecule has 2 N–H and O–H groups in total. The number of benzene rings is 1. The van der Waals surface area contributed by atoms with Crippen LogP contribution >= 0.6 is 0 Å². The number of hydrogen-bond acceptors (Lipinski definition) is 5. The minimum absolute atomic E-state index is 0.327. The second-order valence-electron chi connectivity index (χ2n) is 4.13. The van der Waals surface area contributed by atoms with E-state index in [1.165, 1.54) is 0 Å². The van der Waals surface area contributed by atoms with Crippen molar-refractivity contribution in [2.24, 2.45) is 5.10 Å². The molecule has 0 bridgehead atoms. The molecule has 6 heteroatoms. The topological polar surface area (TPSA) is 75.6 Å². The number of nitrogens with one attached hydrogen (secondary N) is 2. The van der Waals surface area contributed by atoms with Gasteiger partial charge in [-0.15, -0.1) is 0 Å². The standard InChI is InChI=1S/C15H16N4O2/c1-16-14-13(7-4-8-17-14)15(20)19-18-10-11-5-3-6-12(9-11)21-2/h3-10H,1-2H3,(H,16,17)(H,19,20)/b18-10+. The highest BCUT2D eigenvalue weighted by molar-refractivity contribution is 5.99. The lowest BCUT2D eigenvalue weighted by Gasteiger charge is -2.05. The van der Waals surface area contributed by atoms with Crippen molar-refractivity contribution in [3.63, 3.8) is 0 Å². The molecule has 0 unspecified atom stereocenters. The lowest BCUT2D eigenvalue weighted by molar-refractivity contribution is 0.0955. The normalized spacial score (nSPS) is 10.4. The maximum absolute atomic E-state index is 12.0. The lowest BCUT2D eigenvalue weighted by Crippen LogP contribution is -2.19. The number of pyridine rings is 1. The molecule has 2 aromatic rings. The number of carbonyl (C=O) groups is 1. The van der Waals surface area contributed by atoms with Crippen LogP contribution in [0.2, 0.25) is 0 Å². The van der Waals surface area contributed by atoms with Crippen molar-refractivity contribution in [3.05, 3.63) is 53.7 Å². The summed E-state index contributed by atoms with van der Waals surface area (Å²) >= 11 is 0. The summed E-state index contributed by atoms with van der Waals surface area (Å²) in [5.74, 6) is 0.910. The Hall–Kier alpha value is -2.89. The van der Waals surface area contributed by atoms with Crippen LogP contribution in [-0.4, -0.2) is 31.3 Å². The number of ether oxygens (including phenoxy) is 1. The highest BCUT2D eigenvalue weighted by atomic mass is 16.5. The quantitative estimate of drug-likeness (QED) is 0.649. The molecule has 0 saturated carbocycles. The second kappa shape index (κ2) is 7.04. The number of hydrazone groups is 1. The first-order chi connectivity index (χ1) is 10.2. The van der Waals surface area contributed by atoms with Crippen LogP contribution in [0.4, 0.5) is 5.82 Å². The summed E-state index contributed by atoms with van der Waals surface area (Å²) in [7, 11) is 3.30. The van der Waals surface area contributed by atoms with E-state index in [4.69, 9.17) is 4.74 Å². The number of amides is 1. The maximum atomic E-state index is 12.0. The average Bonchev–Trinajstić information content (AvgIpc) is 2.55. The van der Waals surface area contributed by atoms with Crippen molar-refractivity contribution < 1.29 is 9.53 Å². The Labute approximate surface area is 122 Å². The third-order valence-electron chi connectivity index (χ3n) is 2.76. The number of aromatic nitrogens is 1. The zero-order valence-electron chi connectivity index (χ0n) is 11.8. The van der Waals surface area contributed by atoms with Gasteiger partial charge in [0.1, 0.15) is 11.6 Å². The Morgan fingerprint density at radius 3 is 2.95 bits per heavy atom. The predicted molar refractivity (Wildman–Crippen MR) is 81.8 cm³/mol. The molecule has 1 aromatic heterocycles. The van der Waals surface area contributed by atoms with Gasteiger partial charge in [-0.1, -0.05) is 12.1 Å². The third-order valence-corrected chi connectivity index (χ3v) is 2.76. The highest BCUT2D eigenvalue weighted by Crippen LogP contribution is 2.11. The molecule has 0 atom stereocenters. The molecule has 0 aliphatic heterocycles. The van der Waals surface area contributed by atoms with Gasteiger partial charge in [0.15, 0.2) is 0 Å².